The number of hydrogen-bond donors (Lipinski definition) is 0. The predicted molar refractivity (Wildman–Crippen MR) is 59.3 cm³/mol. The Kier molecular flexibility index (Phi) is 2.99. The van der Waals surface area contributed by atoms with Crippen LogP contribution in [0.5, 0.6) is 11.5 Å². The Balaban J connectivity index is 2.21. The van der Waals surface area contributed by atoms with E-state index in [-0.39, 0.29) is 12.7 Å². The quantitative estimate of drug-likeness (QED) is 0.781. The van der Waals surface area contributed by atoms with Crippen LogP contribution in [0.15, 0.2) is 18.2 Å². The molecule has 0 spiro atoms. The maximum Gasteiger partial charge on any atom is 0.231 e. The lowest BCUT2D eigenvalue weighted by Gasteiger charge is -2.19. The zero-order chi connectivity index (χ0) is 11.5. The third kappa shape index (κ3) is 1.96. The van der Waals surface area contributed by atoms with Gasteiger partial charge in [0.2, 0.25) is 12.7 Å². The Morgan fingerprint density at radius 2 is 2.25 bits per heavy atom. The zero-order valence-electron chi connectivity index (χ0n) is 9.53. The highest BCUT2D eigenvalue weighted by atomic mass is 16.7. The van der Waals surface area contributed by atoms with Gasteiger partial charge in [-0.3, -0.25) is 4.79 Å². The summed E-state index contributed by atoms with van der Waals surface area (Å²) in [5, 5.41) is 0. The van der Waals surface area contributed by atoms with E-state index in [1.165, 1.54) is 0 Å². The van der Waals surface area contributed by atoms with Gasteiger partial charge in [0.25, 0.3) is 0 Å². The molecule has 1 aliphatic heterocycles. The van der Waals surface area contributed by atoms with E-state index in [4.69, 9.17) is 9.47 Å². The number of carbonyl (C=O) groups is 1. The molecule has 2 rings (SSSR count). The van der Waals surface area contributed by atoms with Crippen molar-refractivity contribution in [3.63, 3.8) is 0 Å². The van der Waals surface area contributed by atoms with E-state index in [9.17, 15) is 4.79 Å². The molecule has 4 nitrogen and oxygen atoms in total. The van der Waals surface area contributed by atoms with E-state index < -0.39 is 0 Å². The average molecular weight is 221 g/mol. The number of fused-ring (bicyclic) bond motifs is 1. The molecule has 1 aromatic carbocycles. The zero-order valence-corrected chi connectivity index (χ0v) is 9.53. The third-order valence-electron chi connectivity index (χ3n) is 2.67. The second-order valence-electron chi connectivity index (χ2n) is 3.68. The Morgan fingerprint density at radius 3 is 2.94 bits per heavy atom. The summed E-state index contributed by atoms with van der Waals surface area (Å²) in [6.45, 7) is 5.06. The van der Waals surface area contributed by atoms with Crippen LogP contribution in [0.4, 0.5) is 0 Å². The summed E-state index contributed by atoms with van der Waals surface area (Å²) < 4.78 is 10.7. The van der Waals surface area contributed by atoms with Crippen molar-refractivity contribution in [2.45, 2.75) is 20.4 Å². The summed E-state index contributed by atoms with van der Waals surface area (Å²) in [4.78, 5) is 13.1. The summed E-state index contributed by atoms with van der Waals surface area (Å²) >= 11 is 0. The van der Waals surface area contributed by atoms with Crippen molar-refractivity contribution in [3.8, 4) is 11.5 Å². The second kappa shape index (κ2) is 4.43. The van der Waals surface area contributed by atoms with E-state index in [1.54, 1.807) is 11.8 Å². The van der Waals surface area contributed by atoms with E-state index in [0.29, 0.717) is 13.1 Å². The van der Waals surface area contributed by atoms with Gasteiger partial charge in [-0.1, -0.05) is 12.1 Å². The average Bonchev–Trinajstić information content (AvgIpc) is 2.73. The first-order valence-electron chi connectivity index (χ1n) is 5.35. The van der Waals surface area contributed by atoms with Crippen LogP contribution in [0.25, 0.3) is 0 Å². The van der Waals surface area contributed by atoms with E-state index in [1.807, 2.05) is 25.1 Å². The van der Waals surface area contributed by atoms with Crippen LogP contribution in [0, 0.1) is 0 Å². The van der Waals surface area contributed by atoms with Gasteiger partial charge in [-0.25, -0.2) is 0 Å². The Morgan fingerprint density at radius 1 is 1.44 bits per heavy atom. The number of carbonyl (C=O) groups excluding carboxylic acids is 1. The van der Waals surface area contributed by atoms with Gasteiger partial charge in [0.1, 0.15) is 0 Å². The summed E-state index contributed by atoms with van der Waals surface area (Å²) in [5.74, 6) is 1.60. The van der Waals surface area contributed by atoms with E-state index in [2.05, 4.69) is 0 Å². The molecule has 0 bridgehead atoms. The second-order valence-corrected chi connectivity index (χ2v) is 3.68. The summed E-state index contributed by atoms with van der Waals surface area (Å²) in [7, 11) is 0. The fraction of sp³-hybridized carbons (Fsp3) is 0.417. The lowest BCUT2D eigenvalue weighted by Crippen LogP contribution is -2.27. The van der Waals surface area contributed by atoms with Crippen molar-refractivity contribution in [1.29, 1.82) is 0 Å². The molecule has 0 unspecified atom stereocenters. The molecular weight excluding hydrogens is 206 g/mol. The molecule has 1 aliphatic rings. The molecule has 4 heteroatoms. The number of rotatable bonds is 3. The fourth-order valence-electron chi connectivity index (χ4n) is 1.77. The summed E-state index contributed by atoms with van der Waals surface area (Å²) in [5.41, 5.74) is 0.993. The number of hydrogen-bond acceptors (Lipinski definition) is 3. The lowest BCUT2D eigenvalue weighted by molar-refractivity contribution is -0.129. The molecule has 0 atom stereocenters. The maximum atomic E-state index is 11.3. The molecule has 0 saturated heterocycles. The fourth-order valence-corrected chi connectivity index (χ4v) is 1.77. The molecule has 0 N–H and O–H groups in total. The van der Waals surface area contributed by atoms with Crippen LogP contribution in [0.2, 0.25) is 0 Å². The topological polar surface area (TPSA) is 38.8 Å². The van der Waals surface area contributed by atoms with Crippen molar-refractivity contribution >= 4 is 5.91 Å². The van der Waals surface area contributed by atoms with Crippen LogP contribution in [0.3, 0.4) is 0 Å². The monoisotopic (exact) mass is 221 g/mol. The van der Waals surface area contributed by atoms with Crippen LogP contribution in [0.1, 0.15) is 19.4 Å². The summed E-state index contributed by atoms with van der Waals surface area (Å²) in [6, 6.07) is 5.74. The number of ether oxygens (including phenoxy) is 2. The molecule has 0 aromatic heterocycles. The first-order valence-corrected chi connectivity index (χ1v) is 5.35. The highest BCUT2D eigenvalue weighted by Gasteiger charge is 2.19. The van der Waals surface area contributed by atoms with Crippen molar-refractivity contribution in [3.05, 3.63) is 23.8 Å². The van der Waals surface area contributed by atoms with Gasteiger partial charge in [-0.15, -0.1) is 0 Å². The minimum atomic E-state index is 0.0685. The van der Waals surface area contributed by atoms with Gasteiger partial charge in [0.05, 0.1) is 0 Å². The van der Waals surface area contributed by atoms with E-state index in [0.717, 1.165) is 17.1 Å². The number of amides is 1. The van der Waals surface area contributed by atoms with Crippen molar-refractivity contribution in [2.75, 3.05) is 13.3 Å². The third-order valence-corrected chi connectivity index (χ3v) is 2.67. The van der Waals surface area contributed by atoms with Crippen molar-refractivity contribution in [1.82, 2.24) is 4.90 Å². The highest BCUT2D eigenvalue weighted by Crippen LogP contribution is 2.35. The molecule has 0 aliphatic carbocycles. The minimum Gasteiger partial charge on any atom is -0.454 e. The molecule has 86 valence electrons. The molecule has 0 saturated carbocycles. The van der Waals surface area contributed by atoms with Gasteiger partial charge < -0.3 is 14.4 Å². The Hall–Kier alpha value is -1.71. The molecule has 16 heavy (non-hydrogen) atoms. The molecule has 1 heterocycles. The molecular formula is C12H15NO3. The first kappa shape index (κ1) is 10.8. The van der Waals surface area contributed by atoms with Gasteiger partial charge in [-0.2, -0.15) is 0 Å². The largest absolute Gasteiger partial charge is 0.454 e. The first-order chi connectivity index (χ1) is 7.72. The number of benzene rings is 1. The predicted octanol–water partition coefficient (Wildman–Crippen LogP) is 1.78. The molecule has 0 radical (unpaired) electrons. The molecule has 0 fully saturated rings. The molecule has 1 amide bonds. The SMILES string of the molecule is CCN(Cc1cccc2c1OCO2)C(C)=O. The normalized spacial score (nSPS) is 12.6. The van der Waals surface area contributed by atoms with Gasteiger partial charge in [0.15, 0.2) is 11.5 Å². The van der Waals surface area contributed by atoms with Crippen LogP contribution in [-0.4, -0.2) is 24.1 Å². The Bertz CT molecular complexity index is 403. The number of para-hydroxylation sites is 1. The lowest BCUT2D eigenvalue weighted by atomic mass is 10.1. The van der Waals surface area contributed by atoms with Gasteiger partial charge in [0, 0.05) is 25.6 Å². The smallest absolute Gasteiger partial charge is 0.231 e. The van der Waals surface area contributed by atoms with Crippen molar-refractivity contribution < 1.29 is 14.3 Å². The van der Waals surface area contributed by atoms with Crippen LogP contribution >= 0.6 is 0 Å². The minimum absolute atomic E-state index is 0.0685. The Labute approximate surface area is 94.8 Å². The maximum absolute atomic E-state index is 11.3. The number of nitrogens with zero attached hydrogens (tertiary/aromatic N) is 1. The molecule has 1 aromatic rings. The van der Waals surface area contributed by atoms with Crippen molar-refractivity contribution in [2.24, 2.45) is 0 Å². The standard InChI is InChI=1S/C12H15NO3/c1-3-13(9(2)14)7-10-5-4-6-11-12(10)16-8-15-11/h4-6H,3,7-8H2,1-2H3. The summed E-state index contributed by atoms with van der Waals surface area (Å²) in [6.07, 6.45) is 0. The van der Waals surface area contributed by atoms with Crippen LogP contribution in [-0.2, 0) is 11.3 Å². The van der Waals surface area contributed by atoms with Gasteiger partial charge in [-0.05, 0) is 13.0 Å². The van der Waals surface area contributed by atoms with Crippen LogP contribution < -0.4 is 9.47 Å². The highest BCUT2D eigenvalue weighted by molar-refractivity contribution is 5.73. The van der Waals surface area contributed by atoms with Gasteiger partial charge >= 0.3 is 0 Å². The van der Waals surface area contributed by atoms with E-state index >= 15 is 0 Å².